The van der Waals surface area contributed by atoms with Crippen molar-refractivity contribution < 1.29 is 9.53 Å². The minimum absolute atomic E-state index is 0.0168. The van der Waals surface area contributed by atoms with E-state index in [4.69, 9.17) is 4.74 Å². The molecule has 0 saturated heterocycles. The molecule has 1 aromatic carbocycles. The summed E-state index contributed by atoms with van der Waals surface area (Å²) in [4.78, 5) is 12.0. The number of unbranched alkanes of at least 4 members (excludes halogenated alkanes) is 1. The van der Waals surface area contributed by atoms with E-state index >= 15 is 0 Å². The third-order valence-corrected chi connectivity index (χ3v) is 3.11. The molecule has 0 aliphatic heterocycles. The summed E-state index contributed by atoms with van der Waals surface area (Å²) in [5.41, 5.74) is 2.20. The number of carbonyl (C=O) groups excluding carboxylic acids is 1. The summed E-state index contributed by atoms with van der Waals surface area (Å²) in [6.45, 7) is 8.82. The van der Waals surface area contributed by atoms with Crippen molar-refractivity contribution in [2.45, 2.75) is 53.1 Å². The maximum absolute atomic E-state index is 12.0. The second-order valence-corrected chi connectivity index (χ2v) is 4.93. The van der Waals surface area contributed by atoms with Crippen molar-refractivity contribution in [3.05, 3.63) is 29.3 Å². The Balaban J connectivity index is 2.65. The Morgan fingerprint density at radius 3 is 2.68 bits per heavy atom. The van der Waals surface area contributed by atoms with Gasteiger partial charge in [0.15, 0.2) is 6.10 Å². The number of hydrogen-bond acceptors (Lipinski definition) is 2. The fraction of sp³-hybridized carbons (Fsp3) is 0.562. The number of aryl methyl sites for hydroxylation is 2. The average Bonchev–Trinajstić information content (AvgIpc) is 2.39. The Labute approximate surface area is 116 Å². The topological polar surface area (TPSA) is 38.3 Å². The number of rotatable bonds is 7. The number of benzene rings is 1. The van der Waals surface area contributed by atoms with Crippen LogP contribution in [0.15, 0.2) is 18.2 Å². The Morgan fingerprint density at radius 1 is 1.32 bits per heavy atom. The molecule has 0 heterocycles. The minimum Gasteiger partial charge on any atom is -0.480 e. The smallest absolute Gasteiger partial charge is 0.261 e. The summed E-state index contributed by atoms with van der Waals surface area (Å²) in [5.74, 6) is 0.786. The zero-order valence-corrected chi connectivity index (χ0v) is 12.5. The zero-order chi connectivity index (χ0) is 14.3. The van der Waals surface area contributed by atoms with E-state index in [9.17, 15) is 4.79 Å². The first-order valence-corrected chi connectivity index (χ1v) is 7.10. The van der Waals surface area contributed by atoms with Crippen molar-refractivity contribution in [2.75, 3.05) is 6.54 Å². The van der Waals surface area contributed by atoms with Gasteiger partial charge in [-0.3, -0.25) is 4.79 Å². The molecule has 0 saturated carbocycles. The predicted octanol–water partition coefficient (Wildman–Crippen LogP) is 3.38. The van der Waals surface area contributed by atoms with Gasteiger partial charge in [-0.05, 0) is 43.9 Å². The first-order valence-electron chi connectivity index (χ1n) is 7.10. The molecule has 0 aliphatic carbocycles. The Morgan fingerprint density at radius 2 is 2.05 bits per heavy atom. The van der Waals surface area contributed by atoms with Gasteiger partial charge in [0, 0.05) is 6.54 Å². The Kier molecular flexibility index (Phi) is 6.40. The highest BCUT2D eigenvalue weighted by Crippen LogP contribution is 2.21. The van der Waals surface area contributed by atoms with Crippen molar-refractivity contribution >= 4 is 5.91 Å². The van der Waals surface area contributed by atoms with E-state index in [1.165, 1.54) is 0 Å². The van der Waals surface area contributed by atoms with Gasteiger partial charge in [0.25, 0.3) is 5.91 Å². The molecule has 1 aromatic rings. The molecular weight excluding hydrogens is 238 g/mol. The highest BCUT2D eigenvalue weighted by atomic mass is 16.5. The van der Waals surface area contributed by atoms with Gasteiger partial charge in [-0.2, -0.15) is 0 Å². The van der Waals surface area contributed by atoms with E-state index in [1.807, 2.05) is 39.0 Å². The lowest BCUT2D eigenvalue weighted by molar-refractivity contribution is -0.128. The second-order valence-electron chi connectivity index (χ2n) is 4.93. The summed E-state index contributed by atoms with van der Waals surface area (Å²) >= 11 is 0. The molecule has 0 bridgehead atoms. The molecule has 0 radical (unpaired) electrons. The van der Waals surface area contributed by atoms with Crippen LogP contribution in [0.4, 0.5) is 0 Å². The van der Waals surface area contributed by atoms with Crippen molar-refractivity contribution in [1.29, 1.82) is 0 Å². The van der Waals surface area contributed by atoms with Crippen molar-refractivity contribution in [3.63, 3.8) is 0 Å². The van der Waals surface area contributed by atoms with Crippen molar-refractivity contribution in [3.8, 4) is 5.75 Å². The number of nitrogens with one attached hydrogen (secondary N) is 1. The van der Waals surface area contributed by atoms with Gasteiger partial charge in [0.1, 0.15) is 5.75 Å². The average molecular weight is 263 g/mol. The summed E-state index contributed by atoms with van der Waals surface area (Å²) in [7, 11) is 0. The molecule has 0 spiro atoms. The highest BCUT2D eigenvalue weighted by molar-refractivity contribution is 5.81. The molecular formula is C16H25NO2. The zero-order valence-electron chi connectivity index (χ0n) is 12.5. The fourth-order valence-corrected chi connectivity index (χ4v) is 1.81. The second kappa shape index (κ2) is 7.82. The van der Waals surface area contributed by atoms with E-state index in [1.54, 1.807) is 0 Å². The fourth-order valence-electron chi connectivity index (χ4n) is 1.81. The van der Waals surface area contributed by atoms with E-state index in [0.717, 1.165) is 36.3 Å². The van der Waals surface area contributed by atoms with Crippen LogP contribution in [0.25, 0.3) is 0 Å². The van der Waals surface area contributed by atoms with Crippen LogP contribution in [-0.2, 0) is 4.79 Å². The molecule has 1 unspecified atom stereocenters. The minimum atomic E-state index is -0.405. The molecule has 0 aliphatic rings. The van der Waals surface area contributed by atoms with E-state index in [0.29, 0.717) is 6.42 Å². The monoisotopic (exact) mass is 263 g/mol. The maximum Gasteiger partial charge on any atom is 0.261 e. The van der Waals surface area contributed by atoms with Crippen molar-refractivity contribution in [1.82, 2.24) is 5.32 Å². The molecule has 1 amide bonds. The lowest BCUT2D eigenvalue weighted by atomic mass is 10.1. The molecule has 1 rings (SSSR count). The van der Waals surface area contributed by atoms with Gasteiger partial charge in [-0.25, -0.2) is 0 Å². The molecule has 3 heteroatoms. The van der Waals surface area contributed by atoms with Gasteiger partial charge in [0.2, 0.25) is 0 Å². The van der Waals surface area contributed by atoms with Crippen LogP contribution < -0.4 is 10.1 Å². The molecule has 0 aromatic heterocycles. The van der Waals surface area contributed by atoms with Crippen LogP contribution in [0.2, 0.25) is 0 Å². The number of amides is 1. The number of ether oxygens (including phenoxy) is 1. The third kappa shape index (κ3) is 4.93. The first kappa shape index (κ1) is 15.5. The molecule has 3 nitrogen and oxygen atoms in total. The largest absolute Gasteiger partial charge is 0.480 e. The highest BCUT2D eigenvalue weighted by Gasteiger charge is 2.18. The van der Waals surface area contributed by atoms with E-state index in [2.05, 4.69) is 12.2 Å². The van der Waals surface area contributed by atoms with Crippen LogP contribution in [-0.4, -0.2) is 18.6 Å². The van der Waals surface area contributed by atoms with Gasteiger partial charge >= 0.3 is 0 Å². The molecule has 1 N–H and O–H groups in total. The van der Waals surface area contributed by atoms with Crippen LogP contribution in [0.3, 0.4) is 0 Å². The SMILES string of the molecule is CCCCNC(=O)C(CC)Oc1cc(C)ccc1C. The van der Waals surface area contributed by atoms with Crippen LogP contribution >= 0.6 is 0 Å². The maximum atomic E-state index is 12.0. The van der Waals surface area contributed by atoms with Gasteiger partial charge in [0.05, 0.1) is 0 Å². The summed E-state index contributed by atoms with van der Waals surface area (Å²) in [5, 5.41) is 2.92. The number of hydrogen-bond donors (Lipinski definition) is 1. The first-order chi connectivity index (χ1) is 9.08. The normalized spacial score (nSPS) is 12.0. The summed E-state index contributed by atoms with van der Waals surface area (Å²) < 4.78 is 5.86. The predicted molar refractivity (Wildman–Crippen MR) is 78.5 cm³/mol. The third-order valence-electron chi connectivity index (χ3n) is 3.11. The number of carbonyl (C=O) groups is 1. The molecule has 1 atom stereocenters. The van der Waals surface area contributed by atoms with Crippen LogP contribution in [0.1, 0.15) is 44.2 Å². The summed E-state index contributed by atoms with van der Waals surface area (Å²) in [6, 6.07) is 6.05. The Hall–Kier alpha value is -1.51. The molecule has 19 heavy (non-hydrogen) atoms. The van der Waals surface area contributed by atoms with Gasteiger partial charge < -0.3 is 10.1 Å². The molecule has 0 fully saturated rings. The summed E-state index contributed by atoms with van der Waals surface area (Å²) in [6.07, 6.45) is 2.35. The van der Waals surface area contributed by atoms with E-state index in [-0.39, 0.29) is 5.91 Å². The quantitative estimate of drug-likeness (QED) is 0.766. The van der Waals surface area contributed by atoms with Crippen LogP contribution in [0.5, 0.6) is 5.75 Å². The lowest BCUT2D eigenvalue weighted by Crippen LogP contribution is -2.38. The lowest BCUT2D eigenvalue weighted by Gasteiger charge is -2.19. The Bertz CT molecular complexity index is 415. The molecule has 106 valence electrons. The standard InChI is InChI=1S/C16H25NO2/c1-5-7-10-17-16(18)14(6-2)19-15-11-12(3)8-9-13(15)4/h8-9,11,14H,5-7,10H2,1-4H3,(H,17,18). The van der Waals surface area contributed by atoms with Gasteiger partial charge in [-0.15, -0.1) is 0 Å². The van der Waals surface area contributed by atoms with Gasteiger partial charge in [-0.1, -0.05) is 32.4 Å². The van der Waals surface area contributed by atoms with Crippen LogP contribution in [0, 0.1) is 13.8 Å². The van der Waals surface area contributed by atoms with Crippen molar-refractivity contribution in [2.24, 2.45) is 0 Å². The van der Waals surface area contributed by atoms with E-state index < -0.39 is 6.10 Å².